The summed E-state index contributed by atoms with van der Waals surface area (Å²) < 4.78 is 31.0. The molecule has 3 aromatic carbocycles. The lowest BCUT2D eigenvalue weighted by atomic mass is 9.84. The lowest BCUT2D eigenvalue weighted by Crippen LogP contribution is -2.63. The number of carbonyl (C=O) groups is 1. The standard InChI is InChI=1S/C33H34N12O7/c34-42-38-17-25-30(48-18-20-10-4-1-5-11-20)31(49-19-21-12-6-2-7-13-21)26(41-45-37)33(50-25)52-29-24(40-44-36)16-23(39-43-35)28(27(29)46)51-32(47)22-14-8-3-9-15-22/h1-15,23-31,33,46H,16-19H2/t23-,24+,25-,26-,27-,28+,29-,30-,31-,33-/m1/s1. The van der Waals surface area contributed by atoms with E-state index in [-0.39, 0.29) is 31.7 Å². The van der Waals surface area contributed by atoms with Gasteiger partial charge in [-0.05, 0) is 51.8 Å². The average Bonchev–Trinajstić information content (AvgIpc) is 3.17. The molecule has 0 spiro atoms. The minimum atomic E-state index is -1.74. The van der Waals surface area contributed by atoms with Crippen LogP contribution in [0.3, 0.4) is 0 Å². The van der Waals surface area contributed by atoms with Gasteiger partial charge in [-0.1, -0.05) is 99.3 Å². The molecule has 1 aliphatic carbocycles. The Bertz CT molecular complexity index is 1820. The number of aliphatic hydroxyl groups excluding tert-OH is 1. The van der Waals surface area contributed by atoms with E-state index in [1.165, 1.54) is 12.1 Å². The molecule has 268 valence electrons. The number of aliphatic hydroxyl groups is 1. The molecule has 0 radical (unpaired) electrons. The number of azide groups is 4. The zero-order valence-corrected chi connectivity index (χ0v) is 27.5. The summed E-state index contributed by atoms with van der Waals surface area (Å²) in [7, 11) is 0. The normalized spacial score (nSPS) is 28.1. The van der Waals surface area contributed by atoms with Crippen molar-refractivity contribution < 1.29 is 33.6 Å². The molecule has 19 nitrogen and oxygen atoms in total. The van der Waals surface area contributed by atoms with Gasteiger partial charge in [0.15, 0.2) is 6.29 Å². The summed E-state index contributed by atoms with van der Waals surface area (Å²) in [4.78, 5) is 24.7. The molecule has 2 aliphatic rings. The number of benzene rings is 3. The van der Waals surface area contributed by atoms with Gasteiger partial charge in [0, 0.05) is 19.6 Å². The third kappa shape index (κ3) is 9.48. The van der Waals surface area contributed by atoms with Gasteiger partial charge < -0.3 is 28.8 Å². The van der Waals surface area contributed by atoms with Crippen LogP contribution in [0.1, 0.15) is 27.9 Å². The molecule has 3 aromatic rings. The zero-order valence-electron chi connectivity index (χ0n) is 27.5. The van der Waals surface area contributed by atoms with Crippen LogP contribution >= 0.6 is 0 Å². The van der Waals surface area contributed by atoms with Gasteiger partial charge in [0.1, 0.15) is 30.5 Å². The van der Waals surface area contributed by atoms with Crippen molar-refractivity contribution in [3.05, 3.63) is 149 Å². The third-order valence-electron chi connectivity index (χ3n) is 8.55. The van der Waals surface area contributed by atoms with Crippen LogP contribution in [0.5, 0.6) is 0 Å². The Morgan fingerprint density at radius 3 is 1.81 bits per heavy atom. The smallest absolute Gasteiger partial charge is 0.338 e. The second-order valence-corrected chi connectivity index (χ2v) is 11.8. The van der Waals surface area contributed by atoms with Gasteiger partial charge in [0.2, 0.25) is 0 Å². The molecule has 19 heteroatoms. The third-order valence-corrected chi connectivity index (χ3v) is 8.55. The number of hydrogen-bond acceptors (Lipinski definition) is 11. The zero-order chi connectivity index (χ0) is 36.7. The highest BCUT2D eigenvalue weighted by atomic mass is 16.7. The van der Waals surface area contributed by atoms with Gasteiger partial charge in [0.25, 0.3) is 0 Å². The molecule has 1 saturated carbocycles. The molecule has 0 aromatic heterocycles. The van der Waals surface area contributed by atoms with E-state index < -0.39 is 67.0 Å². The van der Waals surface area contributed by atoms with E-state index in [2.05, 4.69) is 40.1 Å². The Balaban J connectivity index is 1.49. The fourth-order valence-electron chi connectivity index (χ4n) is 6.13. The Morgan fingerprint density at radius 2 is 1.25 bits per heavy atom. The lowest BCUT2D eigenvalue weighted by Gasteiger charge is -2.47. The summed E-state index contributed by atoms with van der Waals surface area (Å²) in [6.07, 6.45) is -9.42. The van der Waals surface area contributed by atoms with Crippen molar-refractivity contribution in [3.63, 3.8) is 0 Å². The highest BCUT2D eigenvalue weighted by molar-refractivity contribution is 5.89. The van der Waals surface area contributed by atoms with E-state index in [1.807, 2.05) is 60.7 Å². The monoisotopic (exact) mass is 710 g/mol. The van der Waals surface area contributed by atoms with Crippen LogP contribution in [0.4, 0.5) is 0 Å². The van der Waals surface area contributed by atoms with Crippen molar-refractivity contribution in [2.45, 2.75) is 80.7 Å². The highest BCUT2D eigenvalue weighted by Crippen LogP contribution is 2.36. The molecule has 1 aliphatic heterocycles. The van der Waals surface area contributed by atoms with E-state index in [9.17, 15) is 32.0 Å². The summed E-state index contributed by atoms with van der Waals surface area (Å²) in [5.74, 6) is -0.813. The molecule has 2 fully saturated rings. The minimum absolute atomic E-state index is 0.0495. The fraction of sp³-hybridized carbons (Fsp3) is 0.424. The number of rotatable bonds is 15. The van der Waals surface area contributed by atoms with Crippen LogP contribution in [0.2, 0.25) is 0 Å². The van der Waals surface area contributed by atoms with Crippen LogP contribution in [0.15, 0.2) is 111 Å². The molecule has 5 rings (SSSR count). The molecule has 0 bridgehead atoms. The van der Waals surface area contributed by atoms with Gasteiger partial charge in [-0.15, -0.1) is 0 Å². The van der Waals surface area contributed by atoms with E-state index >= 15 is 0 Å². The first kappa shape index (κ1) is 37.4. The summed E-state index contributed by atoms with van der Waals surface area (Å²) in [6, 6.07) is 22.8. The topological polar surface area (TPSA) is 278 Å². The second kappa shape index (κ2) is 19.0. The van der Waals surface area contributed by atoms with Gasteiger partial charge in [-0.3, -0.25) is 0 Å². The average molecular weight is 711 g/mol. The molecule has 10 atom stereocenters. The van der Waals surface area contributed by atoms with Crippen molar-refractivity contribution in [2.24, 2.45) is 20.5 Å². The number of nitrogens with zero attached hydrogens (tertiary/aromatic N) is 12. The number of hydrogen-bond donors (Lipinski definition) is 1. The molecule has 0 unspecified atom stereocenters. The Morgan fingerprint density at radius 1 is 0.712 bits per heavy atom. The Hall–Kier alpha value is -5.83. The number of esters is 1. The van der Waals surface area contributed by atoms with Crippen LogP contribution < -0.4 is 0 Å². The molecular formula is C33H34N12O7. The van der Waals surface area contributed by atoms with Crippen molar-refractivity contribution in [1.29, 1.82) is 0 Å². The summed E-state index contributed by atoms with van der Waals surface area (Å²) in [5, 5.41) is 26.9. The van der Waals surface area contributed by atoms with Crippen molar-refractivity contribution in [2.75, 3.05) is 6.54 Å². The Kier molecular flexibility index (Phi) is 13.6. The second-order valence-electron chi connectivity index (χ2n) is 11.8. The van der Waals surface area contributed by atoms with E-state index in [4.69, 9.17) is 23.7 Å². The molecular weight excluding hydrogens is 676 g/mol. The van der Waals surface area contributed by atoms with Gasteiger partial charge >= 0.3 is 5.97 Å². The quantitative estimate of drug-likeness (QED) is 0.0779. The van der Waals surface area contributed by atoms with Crippen LogP contribution in [-0.4, -0.2) is 78.7 Å². The maximum atomic E-state index is 13.1. The SMILES string of the molecule is [N-]=[N+]=NC[C@H]1O[C@H](O[C@H]2[C@H](O)[C@@H](OC(=O)c3ccccc3)[C@H](N=[N+]=[N-])C[C@@H]2N=[N+]=[N-])[C@H](N=[N+]=[N-])[C@@H](OCc2ccccc2)[C@@H]1OCc1ccccc1. The van der Waals surface area contributed by atoms with Crippen LogP contribution in [-0.2, 0) is 36.9 Å². The fourth-order valence-corrected chi connectivity index (χ4v) is 6.13. The predicted octanol–water partition coefficient (Wildman–Crippen LogP) is 6.60. The maximum Gasteiger partial charge on any atom is 0.338 e. The van der Waals surface area contributed by atoms with Crippen molar-refractivity contribution >= 4 is 5.97 Å². The largest absolute Gasteiger partial charge is 0.455 e. The van der Waals surface area contributed by atoms with Crippen molar-refractivity contribution in [3.8, 4) is 0 Å². The number of ether oxygens (including phenoxy) is 5. The lowest BCUT2D eigenvalue weighted by molar-refractivity contribution is -0.300. The molecule has 1 saturated heterocycles. The first-order chi connectivity index (χ1) is 25.5. The molecule has 52 heavy (non-hydrogen) atoms. The summed E-state index contributed by atoms with van der Waals surface area (Å²) in [5.41, 5.74) is 39.5. The van der Waals surface area contributed by atoms with E-state index in [1.54, 1.807) is 18.2 Å². The minimum Gasteiger partial charge on any atom is -0.455 e. The number of carbonyl (C=O) groups excluding carboxylic acids is 1. The maximum absolute atomic E-state index is 13.1. The van der Waals surface area contributed by atoms with Crippen molar-refractivity contribution in [1.82, 2.24) is 0 Å². The molecule has 1 heterocycles. The summed E-state index contributed by atoms with van der Waals surface area (Å²) in [6.45, 7) is -0.113. The van der Waals surface area contributed by atoms with Gasteiger partial charge in [-0.2, -0.15) is 0 Å². The Labute approximate surface area is 296 Å². The summed E-state index contributed by atoms with van der Waals surface area (Å²) >= 11 is 0. The van der Waals surface area contributed by atoms with Gasteiger partial charge in [0.05, 0.1) is 49.6 Å². The molecule has 0 amide bonds. The first-order valence-corrected chi connectivity index (χ1v) is 16.2. The predicted molar refractivity (Wildman–Crippen MR) is 183 cm³/mol. The van der Waals surface area contributed by atoms with Gasteiger partial charge in [-0.25, -0.2) is 4.79 Å². The van der Waals surface area contributed by atoms with E-state index in [0.717, 1.165) is 11.1 Å². The highest BCUT2D eigenvalue weighted by Gasteiger charge is 2.52. The molecule has 1 N–H and O–H groups in total. The van der Waals surface area contributed by atoms with Crippen LogP contribution in [0, 0.1) is 0 Å². The van der Waals surface area contributed by atoms with E-state index in [0.29, 0.717) is 0 Å². The van der Waals surface area contributed by atoms with Crippen LogP contribution in [0.25, 0.3) is 41.8 Å². The first-order valence-electron chi connectivity index (χ1n) is 16.2.